The van der Waals surface area contributed by atoms with Crippen molar-refractivity contribution in [3.63, 3.8) is 0 Å². The SMILES string of the molecule is CCc1nn2c(CNC(=O)CCc3c[nH]c4ccccc34)c(C)nc2s1. The molecule has 0 bridgehead atoms. The second kappa shape index (κ2) is 6.92. The Balaban J connectivity index is 1.40. The van der Waals surface area contributed by atoms with Crippen LogP contribution >= 0.6 is 11.3 Å². The zero-order valence-corrected chi connectivity index (χ0v) is 15.7. The molecule has 1 aromatic carbocycles. The van der Waals surface area contributed by atoms with E-state index in [2.05, 4.69) is 33.4 Å². The molecule has 0 saturated heterocycles. The molecule has 26 heavy (non-hydrogen) atoms. The average molecular weight is 367 g/mol. The summed E-state index contributed by atoms with van der Waals surface area (Å²) in [5.74, 6) is 0.0376. The Hall–Kier alpha value is -2.67. The Morgan fingerprint density at radius 2 is 2.19 bits per heavy atom. The van der Waals surface area contributed by atoms with Gasteiger partial charge >= 0.3 is 0 Å². The van der Waals surface area contributed by atoms with E-state index in [-0.39, 0.29) is 5.91 Å². The Morgan fingerprint density at radius 3 is 3.04 bits per heavy atom. The fourth-order valence-electron chi connectivity index (χ4n) is 3.13. The minimum Gasteiger partial charge on any atom is -0.361 e. The molecule has 0 fully saturated rings. The minimum atomic E-state index is 0.0376. The summed E-state index contributed by atoms with van der Waals surface area (Å²) in [6, 6.07) is 8.15. The van der Waals surface area contributed by atoms with Gasteiger partial charge in [0.25, 0.3) is 0 Å². The normalized spacial score (nSPS) is 11.5. The van der Waals surface area contributed by atoms with Crippen LogP contribution in [0.15, 0.2) is 30.5 Å². The lowest BCUT2D eigenvalue weighted by molar-refractivity contribution is -0.121. The van der Waals surface area contributed by atoms with Crippen LogP contribution in [0.25, 0.3) is 15.9 Å². The Bertz CT molecular complexity index is 1070. The summed E-state index contributed by atoms with van der Waals surface area (Å²) in [6.07, 6.45) is 4.06. The van der Waals surface area contributed by atoms with Gasteiger partial charge < -0.3 is 10.3 Å². The van der Waals surface area contributed by atoms with Gasteiger partial charge in [0, 0.05) is 23.5 Å². The summed E-state index contributed by atoms with van der Waals surface area (Å²) >= 11 is 1.60. The van der Waals surface area contributed by atoms with E-state index >= 15 is 0 Å². The Kier molecular flexibility index (Phi) is 4.46. The van der Waals surface area contributed by atoms with Crippen molar-refractivity contribution in [2.24, 2.45) is 0 Å². The number of carbonyl (C=O) groups excluding carboxylic acids is 1. The van der Waals surface area contributed by atoms with Crippen molar-refractivity contribution in [1.29, 1.82) is 0 Å². The van der Waals surface area contributed by atoms with E-state index in [1.807, 2.05) is 35.8 Å². The molecule has 0 saturated carbocycles. The summed E-state index contributed by atoms with van der Waals surface area (Å²) < 4.78 is 1.86. The average Bonchev–Trinajstić information content (AvgIpc) is 3.31. The summed E-state index contributed by atoms with van der Waals surface area (Å²) in [7, 11) is 0. The van der Waals surface area contributed by atoms with Crippen LogP contribution < -0.4 is 5.32 Å². The molecule has 0 unspecified atom stereocenters. The molecule has 1 amide bonds. The number of aryl methyl sites for hydroxylation is 3. The first-order valence-electron chi connectivity index (χ1n) is 8.81. The van der Waals surface area contributed by atoms with Crippen LogP contribution in [-0.4, -0.2) is 25.5 Å². The van der Waals surface area contributed by atoms with Gasteiger partial charge in [-0.1, -0.05) is 36.5 Å². The lowest BCUT2D eigenvalue weighted by atomic mass is 10.1. The molecule has 3 heterocycles. The summed E-state index contributed by atoms with van der Waals surface area (Å²) in [6.45, 7) is 4.49. The summed E-state index contributed by atoms with van der Waals surface area (Å²) in [5.41, 5.74) is 4.15. The maximum absolute atomic E-state index is 12.3. The number of carbonyl (C=O) groups is 1. The largest absolute Gasteiger partial charge is 0.361 e. The fourth-order valence-corrected chi connectivity index (χ4v) is 4.03. The van der Waals surface area contributed by atoms with Crippen molar-refractivity contribution in [3.8, 4) is 0 Å². The van der Waals surface area contributed by atoms with Crippen LogP contribution in [0.2, 0.25) is 0 Å². The third-order valence-electron chi connectivity index (χ3n) is 4.59. The van der Waals surface area contributed by atoms with E-state index in [0.717, 1.165) is 33.3 Å². The van der Waals surface area contributed by atoms with Crippen LogP contribution in [0.1, 0.15) is 35.3 Å². The van der Waals surface area contributed by atoms with Crippen LogP contribution in [0, 0.1) is 6.92 Å². The standard InChI is InChI=1S/C19H21N5OS/c1-3-18-23-24-16(12(2)22-19(24)26-18)11-21-17(25)9-8-13-10-20-15-7-5-4-6-14(13)15/h4-7,10,20H,3,8-9,11H2,1-2H3,(H,21,25). The van der Waals surface area contributed by atoms with E-state index in [9.17, 15) is 4.79 Å². The second-order valence-electron chi connectivity index (χ2n) is 6.32. The van der Waals surface area contributed by atoms with E-state index < -0.39 is 0 Å². The molecule has 0 atom stereocenters. The molecule has 4 rings (SSSR count). The summed E-state index contributed by atoms with van der Waals surface area (Å²) in [5, 5.41) is 9.82. The fraction of sp³-hybridized carbons (Fsp3) is 0.316. The van der Waals surface area contributed by atoms with E-state index in [1.54, 1.807) is 11.3 Å². The molecule has 0 aliphatic rings. The molecule has 2 N–H and O–H groups in total. The van der Waals surface area contributed by atoms with Gasteiger partial charge in [0.2, 0.25) is 10.9 Å². The van der Waals surface area contributed by atoms with E-state index in [4.69, 9.17) is 0 Å². The third kappa shape index (κ3) is 3.10. The van der Waals surface area contributed by atoms with Gasteiger partial charge in [-0.15, -0.1) is 0 Å². The predicted molar refractivity (Wildman–Crippen MR) is 103 cm³/mol. The first-order valence-corrected chi connectivity index (χ1v) is 9.63. The number of nitrogens with zero attached hydrogens (tertiary/aromatic N) is 3. The molecule has 0 aliphatic heterocycles. The highest BCUT2D eigenvalue weighted by molar-refractivity contribution is 7.16. The first kappa shape index (κ1) is 16.8. The van der Waals surface area contributed by atoms with Crippen molar-refractivity contribution in [3.05, 3.63) is 52.4 Å². The highest BCUT2D eigenvalue weighted by atomic mass is 32.1. The molecular formula is C19H21N5OS. The van der Waals surface area contributed by atoms with Crippen LogP contribution in [-0.2, 0) is 24.2 Å². The Labute approximate surface area is 155 Å². The highest BCUT2D eigenvalue weighted by Gasteiger charge is 2.14. The van der Waals surface area contributed by atoms with Gasteiger partial charge in [-0.3, -0.25) is 4.79 Å². The maximum Gasteiger partial charge on any atom is 0.220 e. The number of rotatable bonds is 6. The zero-order chi connectivity index (χ0) is 18.1. The van der Waals surface area contributed by atoms with Crippen molar-refractivity contribution in [2.45, 2.75) is 39.7 Å². The quantitative estimate of drug-likeness (QED) is 0.548. The van der Waals surface area contributed by atoms with Gasteiger partial charge in [-0.2, -0.15) is 5.10 Å². The van der Waals surface area contributed by atoms with Gasteiger partial charge in [0.1, 0.15) is 5.01 Å². The summed E-state index contributed by atoms with van der Waals surface area (Å²) in [4.78, 5) is 21.0. The van der Waals surface area contributed by atoms with E-state index in [1.165, 1.54) is 10.9 Å². The molecule has 134 valence electrons. The number of aromatic amines is 1. The number of imidazole rings is 1. The van der Waals surface area contributed by atoms with Crippen LogP contribution in [0.4, 0.5) is 0 Å². The highest BCUT2D eigenvalue weighted by Crippen LogP contribution is 2.20. The number of aromatic nitrogens is 4. The zero-order valence-electron chi connectivity index (χ0n) is 14.9. The smallest absolute Gasteiger partial charge is 0.220 e. The third-order valence-corrected chi connectivity index (χ3v) is 5.64. The maximum atomic E-state index is 12.3. The van der Waals surface area contributed by atoms with Gasteiger partial charge in [0.15, 0.2) is 0 Å². The van der Waals surface area contributed by atoms with Crippen molar-refractivity contribution in [2.75, 3.05) is 0 Å². The molecule has 3 aromatic heterocycles. The molecule has 4 aromatic rings. The van der Waals surface area contributed by atoms with Gasteiger partial charge in [-0.05, 0) is 31.4 Å². The number of benzene rings is 1. The predicted octanol–water partition coefficient (Wildman–Crippen LogP) is 3.39. The van der Waals surface area contributed by atoms with Crippen LogP contribution in [0.3, 0.4) is 0 Å². The molecule has 0 radical (unpaired) electrons. The van der Waals surface area contributed by atoms with Gasteiger partial charge in [-0.25, -0.2) is 9.50 Å². The van der Waals surface area contributed by atoms with Crippen molar-refractivity contribution in [1.82, 2.24) is 24.9 Å². The lowest BCUT2D eigenvalue weighted by Gasteiger charge is -2.05. The first-order chi connectivity index (χ1) is 12.7. The minimum absolute atomic E-state index is 0.0376. The number of hydrogen-bond acceptors (Lipinski definition) is 4. The molecule has 7 heteroatoms. The second-order valence-corrected chi connectivity index (χ2v) is 7.36. The van der Waals surface area contributed by atoms with Crippen LogP contribution in [0.5, 0.6) is 0 Å². The monoisotopic (exact) mass is 367 g/mol. The lowest BCUT2D eigenvalue weighted by Crippen LogP contribution is -2.24. The molecule has 6 nitrogen and oxygen atoms in total. The number of fused-ring (bicyclic) bond motifs is 2. The number of amides is 1. The number of para-hydroxylation sites is 1. The van der Waals surface area contributed by atoms with Gasteiger partial charge in [0.05, 0.1) is 17.9 Å². The Morgan fingerprint density at radius 1 is 1.35 bits per heavy atom. The van der Waals surface area contributed by atoms with Crippen molar-refractivity contribution >= 4 is 33.1 Å². The molecule has 0 aliphatic carbocycles. The molecule has 0 spiro atoms. The topological polar surface area (TPSA) is 75.1 Å². The molecular weight excluding hydrogens is 346 g/mol. The number of hydrogen-bond donors (Lipinski definition) is 2. The number of H-pyrrole nitrogens is 1. The van der Waals surface area contributed by atoms with Crippen molar-refractivity contribution < 1.29 is 4.79 Å². The van der Waals surface area contributed by atoms with E-state index in [0.29, 0.717) is 19.4 Å². The number of nitrogens with one attached hydrogen (secondary N) is 2.